The monoisotopic (exact) mass is 197 g/mol. The molecule has 0 saturated heterocycles. The summed E-state index contributed by atoms with van der Waals surface area (Å²) in [6.07, 6.45) is -0.383. The van der Waals surface area contributed by atoms with Crippen LogP contribution in [-0.2, 0) is 13.0 Å². The average molecular weight is 197 g/mol. The van der Waals surface area contributed by atoms with Gasteiger partial charge in [-0.3, -0.25) is 0 Å². The number of nitrogen functional groups attached to an aromatic ring is 1. The lowest BCUT2D eigenvalue weighted by atomic mass is 10.0. The Morgan fingerprint density at radius 1 is 1.79 bits per heavy atom. The fourth-order valence-corrected chi connectivity index (χ4v) is 1.66. The van der Waals surface area contributed by atoms with Crippen LogP contribution in [0.4, 0.5) is 10.7 Å². The van der Waals surface area contributed by atoms with Crippen molar-refractivity contribution in [2.75, 3.05) is 5.73 Å². The average Bonchev–Trinajstić information content (AvgIpc) is 2.46. The highest BCUT2D eigenvalue weighted by Gasteiger charge is 2.30. The van der Waals surface area contributed by atoms with Crippen molar-refractivity contribution in [3.05, 3.63) is 11.3 Å². The van der Waals surface area contributed by atoms with Crippen molar-refractivity contribution < 1.29 is 14.4 Å². The predicted molar refractivity (Wildman–Crippen MR) is 47.6 cm³/mol. The van der Waals surface area contributed by atoms with E-state index in [9.17, 15) is 4.79 Å². The number of aromatic nitrogens is 1. The summed E-state index contributed by atoms with van der Waals surface area (Å²) >= 11 is 0. The maximum atomic E-state index is 10.8. The Kier molecular flexibility index (Phi) is 1.83. The Morgan fingerprint density at radius 2 is 2.50 bits per heavy atom. The van der Waals surface area contributed by atoms with Gasteiger partial charge >= 0.3 is 6.09 Å². The number of carboxylic acid groups (broad SMARTS) is 1. The molecule has 1 aliphatic rings. The van der Waals surface area contributed by atoms with Crippen LogP contribution in [0.15, 0.2) is 4.52 Å². The Labute approximate surface area is 80.3 Å². The van der Waals surface area contributed by atoms with Crippen molar-refractivity contribution >= 4 is 12.0 Å². The van der Waals surface area contributed by atoms with Crippen molar-refractivity contribution in [3.8, 4) is 0 Å². The van der Waals surface area contributed by atoms with Gasteiger partial charge in [-0.05, 0) is 6.92 Å². The largest absolute Gasteiger partial charge is 0.465 e. The van der Waals surface area contributed by atoms with Crippen LogP contribution < -0.4 is 5.73 Å². The minimum Gasteiger partial charge on any atom is -0.465 e. The summed E-state index contributed by atoms with van der Waals surface area (Å²) in [5.41, 5.74) is 6.99. The van der Waals surface area contributed by atoms with E-state index in [1.807, 2.05) is 6.92 Å². The molecule has 0 spiro atoms. The van der Waals surface area contributed by atoms with Gasteiger partial charge in [-0.25, -0.2) is 4.79 Å². The summed E-state index contributed by atoms with van der Waals surface area (Å²) in [4.78, 5) is 12.2. The van der Waals surface area contributed by atoms with Gasteiger partial charge in [-0.2, -0.15) is 0 Å². The van der Waals surface area contributed by atoms with E-state index in [2.05, 4.69) is 5.16 Å². The van der Waals surface area contributed by atoms with Gasteiger partial charge in [0.2, 0.25) is 5.88 Å². The summed E-state index contributed by atoms with van der Waals surface area (Å²) in [7, 11) is 0. The Hall–Kier alpha value is -1.72. The summed E-state index contributed by atoms with van der Waals surface area (Å²) in [6, 6.07) is -0.0792. The molecule has 6 heteroatoms. The molecule has 1 unspecified atom stereocenters. The third kappa shape index (κ3) is 1.19. The smallest absolute Gasteiger partial charge is 0.407 e. The lowest BCUT2D eigenvalue weighted by Gasteiger charge is -2.29. The molecular formula is C8H11N3O3. The van der Waals surface area contributed by atoms with Gasteiger partial charge in [0.15, 0.2) is 0 Å². The van der Waals surface area contributed by atoms with Crippen LogP contribution in [0.2, 0.25) is 0 Å². The highest BCUT2D eigenvalue weighted by Crippen LogP contribution is 2.26. The number of nitrogens with zero attached hydrogens (tertiary/aromatic N) is 2. The van der Waals surface area contributed by atoms with Crippen molar-refractivity contribution in [1.29, 1.82) is 0 Å². The molecule has 0 radical (unpaired) electrons. The van der Waals surface area contributed by atoms with Crippen molar-refractivity contribution in [2.45, 2.75) is 25.9 Å². The lowest BCUT2D eigenvalue weighted by Crippen LogP contribution is -2.41. The van der Waals surface area contributed by atoms with E-state index in [-0.39, 0.29) is 18.5 Å². The highest BCUT2D eigenvalue weighted by molar-refractivity contribution is 5.66. The zero-order chi connectivity index (χ0) is 10.3. The van der Waals surface area contributed by atoms with Gasteiger partial charge in [0.1, 0.15) is 0 Å². The number of hydrogen-bond acceptors (Lipinski definition) is 4. The van der Waals surface area contributed by atoms with Gasteiger partial charge in [0.25, 0.3) is 0 Å². The molecule has 2 heterocycles. The van der Waals surface area contributed by atoms with Crippen LogP contribution in [0.3, 0.4) is 0 Å². The Morgan fingerprint density at radius 3 is 3.14 bits per heavy atom. The van der Waals surface area contributed by atoms with E-state index in [0.29, 0.717) is 12.0 Å². The second-order valence-electron chi connectivity index (χ2n) is 3.44. The molecule has 1 aromatic rings. The van der Waals surface area contributed by atoms with Gasteiger partial charge in [-0.15, -0.1) is 0 Å². The fraction of sp³-hybridized carbons (Fsp3) is 0.500. The number of anilines is 1. The molecule has 76 valence electrons. The van der Waals surface area contributed by atoms with Crippen LogP contribution in [0.25, 0.3) is 0 Å². The first-order valence-corrected chi connectivity index (χ1v) is 4.32. The minimum absolute atomic E-state index is 0.0792. The zero-order valence-electron chi connectivity index (χ0n) is 7.73. The molecule has 3 N–H and O–H groups in total. The van der Waals surface area contributed by atoms with Gasteiger partial charge in [0.05, 0.1) is 17.8 Å². The summed E-state index contributed by atoms with van der Waals surface area (Å²) in [6.45, 7) is 2.10. The normalized spacial score (nSPS) is 20.6. The topological polar surface area (TPSA) is 92.6 Å². The third-order valence-corrected chi connectivity index (χ3v) is 2.49. The van der Waals surface area contributed by atoms with Crippen LogP contribution >= 0.6 is 0 Å². The summed E-state index contributed by atoms with van der Waals surface area (Å²) < 4.78 is 4.80. The van der Waals surface area contributed by atoms with E-state index >= 15 is 0 Å². The zero-order valence-corrected chi connectivity index (χ0v) is 7.73. The third-order valence-electron chi connectivity index (χ3n) is 2.49. The van der Waals surface area contributed by atoms with Crippen LogP contribution in [-0.4, -0.2) is 27.3 Å². The molecule has 6 nitrogen and oxygen atoms in total. The Bertz CT molecular complexity index is 374. The molecule has 14 heavy (non-hydrogen) atoms. The molecule has 1 aliphatic heterocycles. The van der Waals surface area contributed by atoms with E-state index in [4.69, 9.17) is 15.4 Å². The van der Waals surface area contributed by atoms with E-state index in [0.717, 1.165) is 5.69 Å². The molecule has 0 bridgehead atoms. The predicted octanol–water partition coefficient (Wildman–Crippen LogP) is 0.681. The molecule has 1 amide bonds. The number of amides is 1. The molecule has 0 saturated carbocycles. The molecular weight excluding hydrogens is 186 g/mol. The first-order valence-electron chi connectivity index (χ1n) is 4.32. The van der Waals surface area contributed by atoms with Crippen molar-refractivity contribution in [3.63, 3.8) is 0 Å². The number of nitrogens with two attached hydrogens (primary N) is 1. The van der Waals surface area contributed by atoms with Crippen LogP contribution in [0.1, 0.15) is 18.2 Å². The molecule has 1 aromatic heterocycles. The van der Waals surface area contributed by atoms with Gasteiger partial charge in [-0.1, -0.05) is 5.16 Å². The second kappa shape index (κ2) is 2.90. The van der Waals surface area contributed by atoms with E-state index < -0.39 is 6.09 Å². The SMILES string of the molecule is CC1Cc2noc(N)c2CN1C(=O)O. The number of hydrogen-bond donors (Lipinski definition) is 2. The second-order valence-corrected chi connectivity index (χ2v) is 3.44. The Balaban J connectivity index is 2.33. The van der Waals surface area contributed by atoms with Gasteiger partial charge in [0, 0.05) is 12.5 Å². The first-order chi connectivity index (χ1) is 6.59. The number of rotatable bonds is 0. The van der Waals surface area contributed by atoms with Gasteiger partial charge < -0.3 is 20.3 Å². The molecule has 2 rings (SSSR count). The van der Waals surface area contributed by atoms with E-state index in [1.165, 1.54) is 4.90 Å². The molecule has 0 aliphatic carbocycles. The maximum absolute atomic E-state index is 10.8. The van der Waals surface area contributed by atoms with Crippen LogP contribution in [0, 0.1) is 0 Å². The summed E-state index contributed by atoms with van der Waals surface area (Å²) in [5, 5.41) is 12.7. The van der Waals surface area contributed by atoms with Crippen molar-refractivity contribution in [2.24, 2.45) is 0 Å². The van der Waals surface area contributed by atoms with Crippen LogP contribution in [0.5, 0.6) is 0 Å². The lowest BCUT2D eigenvalue weighted by molar-refractivity contribution is 0.119. The minimum atomic E-state index is -0.941. The maximum Gasteiger partial charge on any atom is 0.407 e. The van der Waals surface area contributed by atoms with E-state index in [1.54, 1.807) is 0 Å². The molecule has 0 aromatic carbocycles. The quantitative estimate of drug-likeness (QED) is 0.638. The summed E-state index contributed by atoms with van der Waals surface area (Å²) in [5.74, 6) is 0.221. The standard InChI is InChI=1S/C8H11N3O3/c1-4-2-6-5(7(9)14-10-6)3-11(4)8(12)13/h4H,2-3,9H2,1H3,(H,12,13). The van der Waals surface area contributed by atoms with Crippen molar-refractivity contribution in [1.82, 2.24) is 10.1 Å². The molecule has 0 fully saturated rings. The first kappa shape index (κ1) is 8.86. The fourth-order valence-electron chi connectivity index (χ4n) is 1.66. The highest BCUT2D eigenvalue weighted by atomic mass is 16.5. The number of fused-ring (bicyclic) bond motifs is 1. The molecule has 1 atom stereocenters. The number of carbonyl (C=O) groups is 1.